The van der Waals surface area contributed by atoms with Crippen LogP contribution in [0.5, 0.6) is 5.75 Å². The first-order valence-corrected chi connectivity index (χ1v) is 5.89. The van der Waals surface area contributed by atoms with Gasteiger partial charge in [-0.05, 0) is 19.1 Å². The minimum atomic E-state index is -4.93. The minimum Gasteiger partial charge on any atom is -0.466 e. The Morgan fingerprint density at radius 3 is 2.60 bits per heavy atom. The number of benzene rings is 1. The van der Waals surface area contributed by atoms with Crippen molar-refractivity contribution >= 4 is 18.6 Å². The highest BCUT2D eigenvalue weighted by Crippen LogP contribution is 2.31. The summed E-state index contributed by atoms with van der Waals surface area (Å²) < 4.78 is 45.5. The van der Waals surface area contributed by atoms with E-state index in [1.807, 2.05) is 0 Å². The molecule has 0 unspecified atom stereocenters. The average molecular weight is 305 g/mol. The highest BCUT2D eigenvalue weighted by molar-refractivity contribution is 7.80. The molecule has 0 aromatic heterocycles. The Bertz CT molecular complexity index is 552. The molecule has 0 amide bonds. The SMILES string of the molecule is CCOC(=O)Cc1c(C#N)cc(S)cc1OC(F)(F)F. The van der Waals surface area contributed by atoms with Crippen LogP contribution in [0.4, 0.5) is 13.2 Å². The van der Waals surface area contributed by atoms with Crippen LogP contribution in [-0.2, 0) is 16.0 Å². The molecule has 1 aromatic rings. The molecule has 8 heteroatoms. The van der Waals surface area contributed by atoms with Crippen molar-refractivity contribution in [3.05, 3.63) is 23.3 Å². The van der Waals surface area contributed by atoms with Gasteiger partial charge in [0.25, 0.3) is 0 Å². The number of esters is 1. The number of nitrogens with zero attached hydrogens (tertiary/aromatic N) is 1. The Morgan fingerprint density at radius 2 is 2.10 bits per heavy atom. The molecular formula is C12H10F3NO3S. The molecular weight excluding hydrogens is 295 g/mol. The fourth-order valence-electron chi connectivity index (χ4n) is 1.49. The highest BCUT2D eigenvalue weighted by atomic mass is 32.1. The van der Waals surface area contributed by atoms with Gasteiger partial charge in [0.1, 0.15) is 5.75 Å². The molecule has 0 radical (unpaired) electrons. The minimum absolute atomic E-state index is 0.0842. The maximum atomic E-state index is 12.3. The lowest BCUT2D eigenvalue weighted by Gasteiger charge is -2.14. The summed E-state index contributed by atoms with van der Waals surface area (Å²) in [6.07, 6.45) is -5.42. The summed E-state index contributed by atoms with van der Waals surface area (Å²) in [5.41, 5.74) is -0.300. The van der Waals surface area contributed by atoms with E-state index in [0.29, 0.717) is 0 Å². The van der Waals surface area contributed by atoms with Crippen molar-refractivity contribution in [3.63, 3.8) is 0 Å². The summed E-state index contributed by atoms with van der Waals surface area (Å²) in [6.45, 7) is 1.65. The number of alkyl halides is 3. The lowest BCUT2D eigenvalue weighted by atomic mass is 10.0. The molecule has 108 valence electrons. The van der Waals surface area contributed by atoms with Gasteiger partial charge >= 0.3 is 12.3 Å². The lowest BCUT2D eigenvalue weighted by Crippen LogP contribution is -2.19. The number of hydrogen-bond acceptors (Lipinski definition) is 5. The predicted octanol–water partition coefficient (Wildman–Crippen LogP) is 2.85. The van der Waals surface area contributed by atoms with Gasteiger partial charge < -0.3 is 9.47 Å². The van der Waals surface area contributed by atoms with Crippen molar-refractivity contribution in [1.82, 2.24) is 0 Å². The summed E-state index contributed by atoms with van der Waals surface area (Å²) >= 11 is 3.89. The number of nitriles is 1. The first kappa shape index (κ1) is 16.2. The topological polar surface area (TPSA) is 59.3 Å². The zero-order valence-electron chi connectivity index (χ0n) is 10.3. The van der Waals surface area contributed by atoms with Crippen molar-refractivity contribution in [1.29, 1.82) is 5.26 Å². The number of carbonyl (C=O) groups is 1. The number of hydrogen-bond donors (Lipinski definition) is 1. The fraction of sp³-hybridized carbons (Fsp3) is 0.333. The molecule has 0 saturated heterocycles. The maximum Gasteiger partial charge on any atom is 0.573 e. The Balaban J connectivity index is 3.23. The Morgan fingerprint density at radius 1 is 1.45 bits per heavy atom. The van der Waals surface area contributed by atoms with E-state index in [1.54, 1.807) is 13.0 Å². The second-order valence-corrected chi connectivity index (χ2v) is 4.13. The largest absolute Gasteiger partial charge is 0.573 e. The summed E-state index contributed by atoms with van der Waals surface area (Å²) in [7, 11) is 0. The van der Waals surface area contributed by atoms with E-state index in [4.69, 9.17) is 5.26 Å². The molecule has 0 fully saturated rings. The quantitative estimate of drug-likeness (QED) is 0.686. The van der Waals surface area contributed by atoms with E-state index in [2.05, 4.69) is 22.1 Å². The van der Waals surface area contributed by atoms with Crippen LogP contribution in [0.2, 0.25) is 0 Å². The number of halogens is 3. The molecule has 0 atom stereocenters. The van der Waals surface area contributed by atoms with Crippen molar-refractivity contribution in [2.45, 2.75) is 24.6 Å². The Hall–Kier alpha value is -1.88. The first-order valence-electron chi connectivity index (χ1n) is 5.44. The standard InChI is InChI=1S/C12H10F3NO3S/c1-2-18-11(17)5-9-7(6-16)3-8(20)4-10(9)19-12(13,14)15/h3-4,20H,2,5H2,1H3. The second kappa shape index (κ2) is 6.52. The van der Waals surface area contributed by atoms with Crippen LogP contribution in [0.15, 0.2) is 17.0 Å². The molecule has 20 heavy (non-hydrogen) atoms. The van der Waals surface area contributed by atoms with Crippen molar-refractivity contribution in [2.24, 2.45) is 0 Å². The van der Waals surface area contributed by atoms with Crippen molar-refractivity contribution < 1.29 is 27.4 Å². The molecule has 0 saturated carbocycles. The first-order chi connectivity index (χ1) is 9.26. The van der Waals surface area contributed by atoms with E-state index in [1.165, 1.54) is 6.07 Å². The normalized spacial score (nSPS) is 10.8. The van der Waals surface area contributed by atoms with Crippen LogP contribution in [0.3, 0.4) is 0 Å². The number of carbonyl (C=O) groups excluding carboxylic acids is 1. The molecule has 0 spiro atoms. The molecule has 0 heterocycles. The van der Waals surface area contributed by atoms with Crippen molar-refractivity contribution in [3.8, 4) is 11.8 Å². The third kappa shape index (κ3) is 4.66. The molecule has 0 bridgehead atoms. The molecule has 0 aliphatic carbocycles. The monoisotopic (exact) mass is 305 g/mol. The van der Waals surface area contributed by atoms with Gasteiger partial charge in [-0.1, -0.05) is 0 Å². The summed E-state index contributed by atoms with van der Waals surface area (Å²) in [5, 5.41) is 8.94. The summed E-state index contributed by atoms with van der Waals surface area (Å²) in [4.78, 5) is 11.5. The molecule has 4 nitrogen and oxygen atoms in total. The van der Waals surface area contributed by atoms with Crippen LogP contribution in [0.1, 0.15) is 18.1 Å². The zero-order chi connectivity index (χ0) is 15.3. The van der Waals surface area contributed by atoms with Gasteiger partial charge in [-0.15, -0.1) is 25.8 Å². The molecule has 0 aliphatic rings. The Labute approximate surface area is 118 Å². The zero-order valence-corrected chi connectivity index (χ0v) is 11.2. The van der Waals surface area contributed by atoms with Crippen LogP contribution >= 0.6 is 12.6 Å². The fourth-order valence-corrected chi connectivity index (χ4v) is 1.73. The summed E-state index contributed by atoms with van der Waals surface area (Å²) in [6, 6.07) is 3.95. The molecule has 0 aliphatic heterocycles. The number of thiol groups is 1. The predicted molar refractivity (Wildman–Crippen MR) is 65.4 cm³/mol. The van der Waals surface area contributed by atoms with Gasteiger partial charge in [0.15, 0.2) is 0 Å². The van der Waals surface area contributed by atoms with Gasteiger partial charge in [0.05, 0.1) is 24.7 Å². The third-order valence-electron chi connectivity index (χ3n) is 2.17. The third-order valence-corrected chi connectivity index (χ3v) is 2.42. The number of ether oxygens (including phenoxy) is 2. The highest BCUT2D eigenvalue weighted by Gasteiger charge is 2.33. The van der Waals surface area contributed by atoms with Crippen LogP contribution in [0, 0.1) is 11.3 Å². The van der Waals surface area contributed by atoms with Crippen LogP contribution in [0.25, 0.3) is 0 Å². The van der Waals surface area contributed by atoms with Gasteiger partial charge in [-0.2, -0.15) is 5.26 Å². The summed E-state index contributed by atoms with van der Waals surface area (Å²) in [5.74, 6) is -1.38. The maximum absolute atomic E-state index is 12.3. The van der Waals surface area contributed by atoms with E-state index < -0.39 is 24.5 Å². The van der Waals surface area contributed by atoms with Gasteiger partial charge in [0.2, 0.25) is 0 Å². The van der Waals surface area contributed by atoms with Gasteiger partial charge in [-0.3, -0.25) is 4.79 Å². The van der Waals surface area contributed by atoms with E-state index in [9.17, 15) is 18.0 Å². The molecule has 1 aromatic carbocycles. The molecule has 0 N–H and O–H groups in total. The second-order valence-electron chi connectivity index (χ2n) is 3.61. The lowest BCUT2D eigenvalue weighted by molar-refractivity contribution is -0.275. The van der Waals surface area contributed by atoms with Crippen LogP contribution in [-0.4, -0.2) is 18.9 Å². The Kier molecular flexibility index (Phi) is 5.27. The van der Waals surface area contributed by atoms with Gasteiger partial charge in [0, 0.05) is 10.5 Å². The van der Waals surface area contributed by atoms with Crippen molar-refractivity contribution in [2.75, 3.05) is 6.61 Å². The van der Waals surface area contributed by atoms with E-state index in [0.717, 1.165) is 6.07 Å². The van der Waals surface area contributed by atoms with Crippen LogP contribution < -0.4 is 4.74 Å². The van der Waals surface area contributed by atoms with Gasteiger partial charge in [-0.25, -0.2) is 0 Å². The average Bonchev–Trinajstić information content (AvgIpc) is 2.30. The molecule has 1 rings (SSSR count). The van der Waals surface area contributed by atoms with E-state index in [-0.39, 0.29) is 22.6 Å². The number of rotatable bonds is 4. The smallest absolute Gasteiger partial charge is 0.466 e. The van der Waals surface area contributed by atoms with E-state index >= 15 is 0 Å².